The molecule has 1 saturated heterocycles. The van der Waals surface area contributed by atoms with Crippen molar-refractivity contribution in [1.82, 2.24) is 9.55 Å². The number of ether oxygens (including phenoxy) is 1. The minimum Gasteiger partial charge on any atom is -0.376 e. The van der Waals surface area contributed by atoms with E-state index in [1.807, 2.05) is 18.2 Å². The lowest BCUT2D eigenvalue weighted by molar-refractivity contribution is 0.108. The molecule has 5 heteroatoms. The molecule has 2 aromatic rings. The second-order valence-electron chi connectivity index (χ2n) is 4.60. The number of nitrogens with zero attached hydrogens (tertiary/aromatic N) is 2. The molecule has 1 aliphatic heterocycles. The van der Waals surface area contributed by atoms with Crippen LogP contribution in [0.1, 0.15) is 25.2 Å². The number of benzene rings is 1. The summed E-state index contributed by atoms with van der Waals surface area (Å²) in [5.41, 5.74) is 1.98. The molecule has 1 aromatic heterocycles. The number of imidazole rings is 1. The fourth-order valence-electron chi connectivity index (χ4n) is 2.65. The van der Waals surface area contributed by atoms with Crippen molar-refractivity contribution < 1.29 is 4.74 Å². The van der Waals surface area contributed by atoms with Crippen molar-refractivity contribution in [2.75, 3.05) is 6.61 Å². The smallest absolute Gasteiger partial charge is 0.125 e. The first-order valence-electron chi connectivity index (χ1n) is 6.04. The molecule has 0 bridgehead atoms. The van der Waals surface area contributed by atoms with Gasteiger partial charge in [-0.05, 0) is 31.5 Å². The standard InChI is InChI=1S/C13H14Cl2N2O/c1-8-11(4-5-18-8)17-12-3-2-9(15)6-10(12)16-13(17)7-14/h2-3,6,8,11H,4-5,7H2,1H3. The van der Waals surface area contributed by atoms with Gasteiger partial charge < -0.3 is 9.30 Å². The van der Waals surface area contributed by atoms with Crippen LogP contribution in [0, 0.1) is 0 Å². The van der Waals surface area contributed by atoms with Crippen LogP contribution < -0.4 is 0 Å². The summed E-state index contributed by atoms with van der Waals surface area (Å²) >= 11 is 12.0. The number of aromatic nitrogens is 2. The zero-order chi connectivity index (χ0) is 12.7. The maximum Gasteiger partial charge on any atom is 0.125 e. The summed E-state index contributed by atoms with van der Waals surface area (Å²) in [7, 11) is 0. The maximum absolute atomic E-state index is 6.01. The van der Waals surface area contributed by atoms with E-state index in [9.17, 15) is 0 Å². The molecule has 1 aromatic carbocycles. The summed E-state index contributed by atoms with van der Waals surface area (Å²) < 4.78 is 7.85. The normalized spacial score (nSPS) is 23.9. The van der Waals surface area contributed by atoms with Gasteiger partial charge >= 0.3 is 0 Å². The van der Waals surface area contributed by atoms with Crippen LogP contribution >= 0.6 is 23.2 Å². The summed E-state index contributed by atoms with van der Waals surface area (Å²) in [6, 6.07) is 6.08. The van der Waals surface area contributed by atoms with Crippen molar-refractivity contribution in [3.8, 4) is 0 Å². The molecule has 3 rings (SSSR count). The number of rotatable bonds is 2. The minimum atomic E-state index is 0.194. The molecule has 2 unspecified atom stereocenters. The van der Waals surface area contributed by atoms with Crippen molar-refractivity contribution >= 4 is 34.2 Å². The van der Waals surface area contributed by atoms with Gasteiger partial charge in [0.1, 0.15) is 5.82 Å². The Morgan fingerprint density at radius 1 is 1.50 bits per heavy atom. The molecule has 96 valence electrons. The Bertz CT molecular complexity index is 582. The van der Waals surface area contributed by atoms with Crippen molar-refractivity contribution in [2.24, 2.45) is 0 Å². The molecule has 3 nitrogen and oxygen atoms in total. The monoisotopic (exact) mass is 284 g/mol. The molecule has 0 saturated carbocycles. The average Bonchev–Trinajstić information content (AvgIpc) is 2.91. The quantitative estimate of drug-likeness (QED) is 0.785. The SMILES string of the molecule is CC1OCCC1n1c(CCl)nc2cc(Cl)ccc21. The van der Waals surface area contributed by atoms with Crippen LogP contribution in [0.25, 0.3) is 11.0 Å². The summed E-state index contributed by atoms with van der Waals surface area (Å²) in [5.74, 6) is 1.28. The lowest BCUT2D eigenvalue weighted by Crippen LogP contribution is -2.18. The van der Waals surface area contributed by atoms with Crippen LogP contribution in [-0.2, 0) is 10.6 Å². The third kappa shape index (κ3) is 1.91. The lowest BCUT2D eigenvalue weighted by Gasteiger charge is -2.19. The van der Waals surface area contributed by atoms with Gasteiger partial charge in [0.05, 0.1) is 29.1 Å². The van der Waals surface area contributed by atoms with Crippen molar-refractivity contribution in [1.29, 1.82) is 0 Å². The third-order valence-corrected chi connectivity index (χ3v) is 3.99. The van der Waals surface area contributed by atoms with Crippen molar-refractivity contribution in [3.05, 3.63) is 29.0 Å². The molecule has 0 amide bonds. The molecule has 2 atom stereocenters. The van der Waals surface area contributed by atoms with Gasteiger partial charge in [-0.2, -0.15) is 0 Å². The predicted molar refractivity (Wildman–Crippen MR) is 73.4 cm³/mol. The van der Waals surface area contributed by atoms with Gasteiger partial charge in [0.15, 0.2) is 0 Å². The van der Waals surface area contributed by atoms with Gasteiger partial charge in [-0.3, -0.25) is 0 Å². The second-order valence-corrected chi connectivity index (χ2v) is 5.30. The number of hydrogen-bond donors (Lipinski definition) is 0. The Kier molecular flexibility index (Phi) is 3.22. The molecular formula is C13H14Cl2N2O. The van der Waals surface area contributed by atoms with Crippen LogP contribution in [0.4, 0.5) is 0 Å². The molecule has 2 heterocycles. The topological polar surface area (TPSA) is 27.1 Å². The Morgan fingerprint density at radius 2 is 2.33 bits per heavy atom. The van der Waals surface area contributed by atoms with Crippen molar-refractivity contribution in [3.63, 3.8) is 0 Å². The van der Waals surface area contributed by atoms with Gasteiger partial charge in [-0.1, -0.05) is 11.6 Å². The van der Waals surface area contributed by atoms with Crippen LogP contribution in [-0.4, -0.2) is 22.3 Å². The number of fused-ring (bicyclic) bond motifs is 1. The Labute approximate surface area is 116 Å². The van der Waals surface area contributed by atoms with Gasteiger partial charge in [0, 0.05) is 11.6 Å². The van der Waals surface area contributed by atoms with E-state index in [1.54, 1.807) is 0 Å². The third-order valence-electron chi connectivity index (χ3n) is 3.51. The van der Waals surface area contributed by atoms with E-state index in [4.69, 9.17) is 27.9 Å². The fourth-order valence-corrected chi connectivity index (χ4v) is 3.00. The van der Waals surface area contributed by atoms with Gasteiger partial charge in [-0.15, -0.1) is 11.6 Å². The second kappa shape index (κ2) is 4.72. The van der Waals surface area contributed by atoms with Crippen LogP contribution in [0.2, 0.25) is 5.02 Å². The van der Waals surface area contributed by atoms with Crippen molar-refractivity contribution in [2.45, 2.75) is 31.4 Å². The molecule has 0 aliphatic carbocycles. The van der Waals surface area contributed by atoms with Gasteiger partial charge in [0.25, 0.3) is 0 Å². The summed E-state index contributed by atoms with van der Waals surface area (Å²) in [5, 5.41) is 0.698. The van der Waals surface area contributed by atoms with Gasteiger partial charge in [-0.25, -0.2) is 4.98 Å². The van der Waals surface area contributed by atoms with E-state index in [1.165, 1.54) is 0 Å². The molecule has 0 radical (unpaired) electrons. The average molecular weight is 285 g/mol. The first kappa shape index (κ1) is 12.3. The maximum atomic E-state index is 6.01. The highest BCUT2D eigenvalue weighted by molar-refractivity contribution is 6.31. The highest BCUT2D eigenvalue weighted by Gasteiger charge is 2.29. The van der Waals surface area contributed by atoms with Crippen LogP contribution in [0.3, 0.4) is 0 Å². The lowest BCUT2D eigenvalue weighted by atomic mass is 10.1. The largest absolute Gasteiger partial charge is 0.376 e. The highest BCUT2D eigenvalue weighted by atomic mass is 35.5. The van der Waals surface area contributed by atoms with E-state index in [0.29, 0.717) is 16.9 Å². The van der Waals surface area contributed by atoms with Gasteiger partial charge in [0.2, 0.25) is 0 Å². The molecule has 1 fully saturated rings. The van der Waals surface area contributed by atoms with E-state index < -0.39 is 0 Å². The zero-order valence-corrected chi connectivity index (χ0v) is 11.6. The van der Waals surface area contributed by atoms with Crippen LogP contribution in [0.5, 0.6) is 0 Å². The molecule has 0 N–H and O–H groups in total. The first-order valence-corrected chi connectivity index (χ1v) is 6.96. The minimum absolute atomic E-state index is 0.194. The van der Waals surface area contributed by atoms with E-state index >= 15 is 0 Å². The Balaban J connectivity index is 2.19. The number of halogens is 2. The molecule has 0 spiro atoms. The fraction of sp³-hybridized carbons (Fsp3) is 0.462. The predicted octanol–water partition coefficient (Wildman–Crippen LogP) is 3.78. The van der Waals surface area contributed by atoms with Crippen LogP contribution in [0.15, 0.2) is 18.2 Å². The summed E-state index contributed by atoms with van der Waals surface area (Å²) in [4.78, 5) is 4.56. The number of alkyl halides is 1. The first-order chi connectivity index (χ1) is 8.70. The zero-order valence-electron chi connectivity index (χ0n) is 10.1. The summed E-state index contributed by atoms with van der Waals surface area (Å²) in [6.45, 7) is 2.89. The Hall–Kier alpha value is -0.770. The van der Waals surface area contributed by atoms with E-state index in [0.717, 1.165) is 29.9 Å². The van der Waals surface area contributed by atoms with E-state index in [2.05, 4.69) is 16.5 Å². The number of hydrogen-bond acceptors (Lipinski definition) is 2. The van der Waals surface area contributed by atoms with E-state index in [-0.39, 0.29) is 6.10 Å². The molecule has 18 heavy (non-hydrogen) atoms. The Morgan fingerprint density at radius 3 is 3.00 bits per heavy atom. The molecular weight excluding hydrogens is 271 g/mol. The summed E-state index contributed by atoms with van der Waals surface area (Å²) in [6.07, 6.45) is 1.19. The molecule has 1 aliphatic rings. The highest BCUT2D eigenvalue weighted by Crippen LogP contribution is 2.32.